The monoisotopic (exact) mass is 301 g/mol. The molecule has 7 heteroatoms. The molecule has 0 aliphatic heterocycles. The molecule has 3 rings (SSSR count). The zero-order valence-electron chi connectivity index (χ0n) is 12.5. The minimum atomic E-state index is -0.0907. The van der Waals surface area contributed by atoms with E-state index in [0.29, 0.717) is 11.7 Å². The van der Waals surface area contributed by atoms with Crippen LogP contribution in [0.2, 0.25) is 0 Å². The molecule has 2 aromatic rings. The van der Waals surface area contributed by atoms with Gasteiger partial charge in [0.2, 0.25) is 11.7 Å². The number of carbonyl (C=O) groups is 1. The van der Waals surface area contributed by atoms with Crippen LogP contribution in [0.5, 0.6) is 5.75 Å². The average molecular weight is 301 g/mol. The molecule has 0 unspecified atom stereocenters. The van der Waals surface area contributed by atoms with E-state index in [1.807, 2.05) is 30.3 Å². The molecule has 1 aliphatic carbocycles. The van der Waals surface area contributed by atoms with Crippen LogP contribution in [0.15, 0.2) is 30.3 Å². The second kappa shape index (κ2) is 6.55. The summed E-state index contributed by atoms with van der Waals surface area (Å²) in [5.74, 6) is 2.46. The molecule has 1 N–H and O–H groups in total. The number of ether oxygens (including phenoxy) is 1. The van der Waals surface area contributed by atoms with Crippen molar-refractivity contribution in [3.63, 3.8) is 0 Å². The van der Waals surface area contributed by atoms with Gasteiger partial charge in [-0.1, -0.05) is 25.1 Å². The Morgan fingerprint density at radius 1 is 1.41 bits per heavy atom. The van der Waals surface area contributed by atoms with Crippen molar-refractivity contribution in [1.29, 1.82) is 0 Å². The lowest BCUT2D eigenvalue weighted by Gasteiger charge is -2.03. The Morgan fingerprint density at radius 3 is 2.91 bits per heavy atom. The number of hydrogen-bond acceptors (Lipinski definition) is 5. The topological polar surface area (TPSA) is 81.9 Å². The van der Waals surface area contributed by atoms with E-state index in [4.69, 9.17) is 4.74 Å². The summed E-state index contributed by atoms with van der Waals surface area (Å²) in [5.41, 5.74) is 0. The molecule has 1 amide bonds. The third kappa shape index (κ3) is 4.03. The minimum Gasteiger partial charge on any atom is -0.485 e. The van der Waals surface area contributed by atoms with Crippen LogP contribution in [0.25, 0.3) is 0 Å². The van der Waals surface area contributed by atoms with Gasteiger partial charge in [0, 0.05) is 6.54 Å². The molecule has 1 heterocycles. The highest BCUT2D eigenvalue weighted by molar-refractivity contribution is 5.75. The maximum atomic E-state index is 11.8. The summed E-state index contributed by atoms with van der Waals surface area (Å²) in [6.07, 6.45) is 1.20. The van der Waals surface area contributed by atoms with Crippen molar-refractivity contribution in [2.24, 2.45) is 11.8 Å². The number of carbonyl (C=O) groups excluding carboxylic acids is 1. The van der Waals surface area contributed by atoms with Gasteiger partial charge in [0.25, 0.3) is 0 Å². The molecule has 7 nitrogen and oxygen atoms in total. The van der Waals surface area contributed by atoms with Crippen LogP contribution in [0, 0.1) is 11.8 Å². The molecule has 1 saturated carbocycles. The summed E-state index contributed by atoms with van der Waals surface area (Å²) in [4.78, 5) is 13.1. The zero-order chi connectivity index (χ0) is 15.4. The number of aromatic nitrogens is 4. The Labute approximate surface area is 128 Å². The third-order valence-electron chi connectivity index (χ3n) is 3.73. The van der Waals surface area contributed by atoms with E-state index in [1.54, 1.807) is 0 Å². The lowest BCUT2D eigenvalue weighted by atomic mass is 10.3. The third-order valence-corrected chi connectivity index (χ3v) is 3.73. The second-order valence-electron chi connectivity index (χ2n) is 5.61. The van der Waals surface area contributed by atoms with Gasteiger partial charge in [0.15, 0.2) is 6.61 Å². The van der Waals surface area contributed by atoms with Crippen LogP contribution in [-0.2, 0) is 17.9 Å². The molecular formula is C15H19N5O2. The SMILES string of the molecule is C[C@@H]1C[C@H]1CNC(=O)Cn1nnc(COc2ccccc2)n1. The lowest BCUT2D eigenvalue weighted by Crippen LogP contribution is -2.30. The number of benzene rings is 1. The number of tetrazole rings is 1. The fourth-order valence-corrected chi connectivity index (χ4v) is 2.18. The van der Waals surface area contributed by atoms with Crippen LogP contribution in [0.4, 0.5) is 0 Å². The number of rotatable bonds is 7. The van der Waals surface area contributed by atoms with Crippen molar-refractivity contribution in [1.82, 2.24) is 25.5 Å². The van der Waals surface area contributed by atoms with Gasteiger partial charge >= 0.3 is 0 Å². The number of para-hydroxylation sites is 1. The molecule has 22 heavy (non-hydrogen) atoms. The Balaban J connectivity index is 1.43. The molecule has 0 spiro atoms. The first-order valence-corrected chi connectivity index (χ1v) is 7.42. The lowest BCUT2D eigenvalue weighted by molar-refractivity contribution is -0.122. The molecule has 116 valence electrons. The summed E-state index contributed by atoms with van der Waals surface area (Å²) < 4.78 is 5.53. The maximum Gasteiger partial charge on any atom is 0.243 e. The second-order valence-corrected chi connectivity index (χ2v) is 5.61. The van der Waals surface area contributed by atoms with Crippen molar-refractivity contribution in [3.05, 3.63) is 36.2 Å². The van der Waals surface area contributed by atoms with Gasteiger partial charge in [-0.15, -0.1) is 10.2 Å². The molecule has 0 saturated heterocycles. The van der Waals surface area contributed by atoms with Crippen molar-refractivity contribution < 1.29 is 9.53 Å². The van der Waals surface area contributed by atoms with Gasteiger partial charge in [-0.05, 0) is 35.6 Å². The van der Waals surface area contributed by atoms with E-state index in [-0.39, 0.29) is 19.1 Å². The minimum absolute atomic E-state index is 0.0828. The number of hydrogen-bond donors (Lipinski definition) is 1. The van der Waals surface area contributed by atoms with Crippen LogP contribution < -0.4 is 10.1 Å². The standard InChI is InChI=1S/C15H19N5O2/c1-11-7-12(11)8-16-15(21)9-20-18-14(17-19-20)10-22-13-5-3-2-4-6-13/h2-6,11-12H,7-10H2,1H3,(H,16,21)/t11-,12+/m1/s1. The van der Waals surface area contributed by atoms with E-state index in [2.05, 4.69) is 27.7 Å². The predicted octanol–water partition coefficient (Wildman–Crippen LogP) is 1.02. The van der Waals surface area contributed by atoms with Crippen molar-refractivity contribution >= 4 is 5.91 Å². The van der Waals surface area contributed by atoms with Crippen LogP contribution in [0.3, 0.4) is 0 Å². The van der Waals surface area contributed by atoms with Crippen molar-refractivity contribution in [2.75, 3.05) is 6.54 Å². The molecule has 2 atom stereocenters. The van der Waals surface area contributed by atoms with Gasteiger partial charge in [0.1, 0.15) is 12.3 Å². The summed E-state index contributed by atoms with van der Waals surface area (Å²) in [6.45, 7) is 3.23. The molecule has 0 radical (unpaired) electrons. The normalized spacial score (nSPS) is 19.7. The summed E-state index contributed by atoms with van der Waals surface area (Å²) >= 11 is 0. The summed E-state index contributed by atoms with van der Waals surface area (Å²) in [5, 5.41) is 14.8. The first-order valence-electron chi connectivity index (χ1n) is 7.42. The average Bonchev–Trinajstić information content (AvgIpc) is 3.05. The predicted molar refractivity (Wildman–Crippen MR) is 78.9 cm³/mol. The molecule has 1 aromatic carbocycles. The summed E-state index contributed by atoms with van der Waals surface area (Å²) in [6, 6.07) is 9.42. The van der Waals surface area contributed by atoms with E-state index >= 15 is 0 Å². The Morgan fingerprint density at radius 2 is 2.18 bits per heavy atom. The Bertz CT molecular complexity index is 628. The highest BCUT2D eigenvalue weighted by atomic mass is 16.5. The fraction of sp³-hybridized carbons (Fsp3) is 0.467. The van der Waals surface area contributed by atoms with E-state index in [9.17, 15) is 4.79 Å². The highest BCUT2D eigenvalue weighted by Crippen LogP contribution is 2.36. The molecule has 1 aromatic heterocycles. The molecular weight excluding hydrogens is 282 g/mol. The van der Waals surface area contributed by atoms with E-state index in [0.717, 1.165) is 18.2 Å². The van der Waals surface area contributed by atoms with Crippen molar-refractivity contribution in [2.45, 2.75) is 26.5 Å². The molecule has 1 fully saturated rings. The maximum absolute atomic E-state index is 11.8. The summed E-state index contributed by atoms with van der Waals surface area (Å²) in [7, 11) is 0. The van der Waals surface area contributed by atoms with Gasteiger partial charge in [0.05, 0.1) is 0 Å². The van der Waals surface area contributed by atoms with Crippen LogP contribution in [-0.4, -0.2) is 32.7 Å². The molecule has 0 bridgehead atoms. The molecule has 1 aliphatic rings. The van der Waals surface area contributed by atoms with Crippen LogP contribution >= 0.6 is 0 Å². The largest absolute Gasteiger partial charge is 0.485 e. The van der Waals surface area contributed by atoms with Gasteiger partial charge in [-0.2, -0.15) is 4.80 Å². The van der Waals surface area contributed by atoms with Crippen molar-refractivity contribution in [3.8, 4) is 5.75 Å². The van der Waals surface area contributed by atoms with E-state index in [1.165, 1.54) is 11.2 Å². The first-order chi connectivity index (χ1) is 10.7. The Kier molecular flexibility index (Phi) is 4.32. The smallest absolute Gasteiger partial charge is 0.243 e. The van der Waals surface area contributed by atoms with Crippen LogP contribution in [0.1, 0.15) is 19.2 Å². The fourth-order valence-electron chi connectivity index (χ4n) is 2.18. The first kappa shape index (κ1) is 14.5. The number of amides is 1. The van der Waals surface area contributed by atoms with Gasteiger partial charge in [-0.25, -0.2) is 0 Å². The van der Waals surface area contributed by atoms with E-state index < -0.39 is 0 Å². The zero-order valence-corrected chi connectivity index (χ0v) is 12.5. The van der Waals surface area contributed by atoms with Gasteiger partial charge < -0.3 is 10.1 Å². The quantitative estimate of drug-likeness (QED) is 0.826. The highest BCUT2D eigenvalue weighted by Gasteiger charge is 2.32. The number of nitrogens with zero attached hydrogens (tertiary/aromatic N) is 4. The van der Waals surface area contributed by atoms with Gasteiger partial charge in [-0.3, -0.25) is 4.79 Å². The number of nitrogens with one attached hydrogen (secondary N) is 1. The Hall–Kier alpha value is -2.44.